The molecule has 100 valence electrons. The lowest BCUT2D eigenvalue weighted by Gasteiger charge is -2.42. The van der Waals surface area contributed by atoms with Gasteiger partial charge in [0.15, 0.2) is 0 Å². The van der Waals surface area contributed by atoms with Gasteiger partial charge in [-0.05, 0) is 24.5 Å². The van der Waals surface area contributed by atoms with Crippen LogP contribution in [0.2, 0.25) is 0 Å². The smallest absolute Gasteiger partial charge is 0.0558 e. The van der Waals surface area contributed by atoms with Gasteiger partial charge in [-0.25, -0.2) is 0 Å². The molecule has 3 nitrogen and oxygen atoms in total. The Balaban J connectivity index is 2.21. The molecule has 0 bridgehead atoms. The van der Waals surface area contributed by atoms with Gasteiger partial charge in [-0.1, -0.05) is 40.5 Å². The second-order valence-corrected chi connectivity index (χ2v) is 5.67. The molecule has 0 heterocycles. The van der Waals surface area contributed by atoms with Gasteiger partial charge in [-0.15, -0.1) is 0 Å². The van der Waals surface area contributed by atoms with Gasteiger partial charge in [-0.2, -0.15) is 0 Å². The topological polar surface area (TPSA) is 49.5 Å². The maximum absolute atomic E-state index is 9.27. The lowest BCUT2D eigenvalue weighted by atomic mass is 9.89. The van der Waals surface area contributed by atoms with Crippen LogP contribution in [0.4, 0.5) is 0 Å². The normalized spacial score (nSPS) is 17.8. The van der Waals surface area contributed by atoms with E-state index in [4.69, 9.17) is 5.73 Å². The Morgan fingerprint density at radius 3 is 2.61 bits per heavy atom. The van der Waals surface area contributed by atoms with Crippen molar-refractivity contribution in [2.75, 3.05) is 19.7 Å². The monoisotopic (exact) mass is 312 g/mol. The molecule has 0 radical (unpaired) electrons. The number of nitrogens with zero attached hydrogens (tertiary/aromatic N) is 1. The highest BCUT2D eigenvalue weighted by molar-refractivity contribution is 9.10. The standard InChI is InChI=1S/C14H21BrN2O/c15-13-7-2-1-6-12(13)14(10-16)17(8-9-18)11-4-3-5-11/h1-2,6-7,11,14,18H,3-5,8-10,16H2. The molecule has 1 aromatic rings. The summed E-state index contributed by atoms with van der Waals surface area (Å²) in [5.74, 6) is 0. The third-order valence-electron chi connectivity index (χ3n) is 3.79. The van der Waals surface area contributed by atoms with Gasteiger partial charge in [0.25, 0.3) is 0 Å². The third kappa shape index (κ3) is 2.94. The van der Waals surface area contributed by atoms with Crippen molar-refractivity contribution in [3.63, 3.8) is 0 Å². The van der Waals surface area contributed by atoms with E-state index in [0.717, 1.165) is 4.47 Å². The van der Waals surface area contributed by atoms with Gasteiger partial charge < -0.3 is 10.8 Å². The van der Waals surface area contributed by atoms with E-state index in [9.17, 15) is 5.11 Å². The molecule has 4 heteroatoms. The van der Waals surface area contributed by atoms with E-state index in [-0.39, 0.29) is 12.6 Å². The van der Waals surface area contributed by atoms with E-state index in [0.29, 0.717) is 19.1 Å². The zero-order valence-electron chi connectivity index (χ0n) is 10.6. The third-order valence-corrected chi connectivity index (χ3v) is 4.51. The molecule has 1 aliphatic carbocycles. The second-order valence-electron chi connectivity index (χ2n) is 4.82. The van der Waals surface area contributed by atoms with E-state index in [2.05, 4.69) is 33.0 Å². The number of rotatable bonds is 6. The summed E-state index contributed by atoms with van der Waals surface area (Å²) in [5, 5.41) is 9.27. The van der Waals surface area contributed by atoms with Crippen molar-refractivity contribution >= 4 is 15.9 Å². The molecule has 0 aliphatic heterocycles. The molecule has 3 N–H and O–H groups in total. The minimum absolute atomic E-state index is 0.192. The molecule has 1 aliphatic rings. The SMILES string of the molecule is NCC(c1ccccc1Br)N(CCO)C1CCC1. The molecule has 0 aromatic heterocycles. The summed E-state index contributed by atoms with van der Waals surface area (Å²) >= 11 is 3.60. The highest BCUT2D eigenvalue weighted by Gasteiger charge is 2.30. The van der Waals surface area contributed by atoms with Gasteiger partial charge in [0.1, 0.15) is 0 Å². The summed E-state index contributed by atoms with van der Waals surface area (Å²) in [5.41, 5.74) is 7.20. The van der Waals surface area contributed by atoms with Crippen LogP contribution in [0.5, 0.6) is 0 Å². The van der Waals surface area contributed by atoms with Gasteiger partial charge >= 0.3 is 0 Å². The fourth-order valence-corrected chi connectivity index (χ4v) is 3.16. The van der Waals surface area contributed by atoms with Crippen molar-refractivity contribution in [3.05, 3.63) is 34.3 Å². The van der Waals surface area contributed by atoms with Crippen LogP contribution in [0.1, 0.15) is 30.9 Å². The van der Waals surface area contributed by atoms with E-state index < -0.39 is 0 Å². The fourth-order valence-electron chi connectivity index (χ4n) is 2.61. The summed E-state index contributed by atoms with van der Waals surface area (Å²) in [7, 11) is 0. The van der Waals surface area contributed by atoms with Crippen molar-refractivity contribution in [2.45, 2.75) is 31.3 Å². The molecule has 18 heavy (non-hydrogen) atoms. The van der Waals surface area contributed by atoms with E-state index >= 15 is 0 Å². The van der Waals surface area contributed by atoms with Crippen LogP contribution in [-0.2, 0) is 0 Å². The number of nitrogens with two attached hydrogens (primary N) is 1. The van der Waals surface area contributed by atoms with Gasteiger partial charge in [0.05, 0.1) is 6.61 Å². The van der Waals surface area contributed by atoms with Crippen molar-refractivity contribution in [1.29, 1.82) is 0 Å². The highest BCUT2D eigenvalue weighted by atomic mass is 79.9. The Bertz CT molecular complexity index is 382. The zero-order valence-corrected chi connectivity index (χ0v) is 12.1. The molecule has 1 fully saturated rings. The Morgan fingerprint density at radius 1 is 1.39 bits per heavy atom. The van der Waals surface area contributed by atoms with Crippen LogP contribution in [0, 0.1) is 0 Å². The molecule has 0 spiro atoms. The van der Waals surface area contributed by atoms with Crippen LogP contribution in [0.15, 0.2) is 28.7 Å². The summed E-state index contributed by atoms with van der Waals surface area (Å²) < 4.78 is 1.10. The van der Waals surface area contributed by atoms with Crippen molar-refractivity contribution in [1.82, 2.24) is 4.90 Å². The first-order valence-electron chi connectivity index (χ1n) is 6.59. The summed E-state index contributed by atoms with van der Waals surface area (Å²) in [6, 6.07) is 9.00. The number of benzene rings is 1. The number of hydrogen-bond donors (Lipinski definition) is 2. The minimum Gasteiger partial charge on any atom is -0.395 e. The van der Waals surface area contributed by atoms with Gasteiger partial charge in [0, 0.05) is 29.6 Å². The van der Waals surface area contributed by atoms with Crippen LogP contribution in [-0.4, -0.2) is 35.7 Å². The average Bonchev–Trinajstić information content (AvgIpc) is 2.30. The van der Waals surface area contributed by atoms with Crippen LogP contribution in [0.25, 0.3) is 0 Å². The number of aliphatic hydroxyl groups is 1. The minimum atomic E-state index is 0.192. The molecule has 2 rings (SSSR count). The number of hydrogen-bond acceptors (Lipinski definition) is 3. The van der Waals surface area contributed by atoms with Crippen molar-refractivity contribution < 1.29 is 5.11 Å². The Kier molecular flexibility index (Phi) is 5.18. The Labute approximate surface area is 117 Å². The maximum Gasteiger partial charge on any atom is 0.0558 e. The van der Waals surface area contributed by atoms with Crippen LogP contribution < -0.4 is 5.73 Å². The second kappa shape index (κ2) is 6.66. The van der Waals surface area contributed by atoms with Gasteiger partial charge in [-0.3, -0.25) is 4.90 Å². The molecule has 1 saturated carbocycles. The van der Waals surface area contributed by atoms with Crippen molar-refractivity contribution in [2.24, 2.45) is 5.73 Å². The quantitative estimate of drug-likeness (QED) is 0.847. The highest BCUT2D eigenvalue weighted by Crippen LogP contribution is 2.34. The first-order chi connectivity index (χ1) is 8.77. The summed E-state index contributed by atoms with van der Waals surface area (Å²) in [6.07, 6.45) is 3.74. The number of aliphatic hydroxyl groups excluding tert-OH is 1. The summed E-state index contributed by atoms with van der Waals surface area (Å²) in [4.78, 5) is 2.36. The molecule has 1 aromatic carbocycles. The molecular formula is C14H21BrN2O. The van der Waals surface area contributed by atoms with E-state index in [1.54, 1.807) is 0 Å². The zero-order chi connectivity index (χ0) is 13.0. The maximum atomic E-state index is 9.27. The summed E-state index contributed by atoms with van der Waals surface area (Å²) in [6.45, 7) is 1.48. The molecule has 0 amide bonds. The Hall–Kier alpha value is -0.420. The lowest BCUT2D eigenvalue weighted by molar-refractivity contribution is 0.0620. The number of halogens is 1. The lowest BCUT2D eigenvalue weighted by Crippen LogP contribution is -2.46. The largest absolute Gasteiger partial charge is 0.395 e. The fraction of sp³-hybridized carbons (Fsp3) is 0.571. The van der Waals surface area contributed by atoms with Crippen molar-refractivity contribution in [3.8, 4) is 0 Å². The average molecular weight is 313 g/mol. The van der Waals surface area contributed by atoms with E-state index in [1.165, 1.54) is 24.8 Å². The Morgan fingerprint density at radius 2 is 2.11 bits per heavy atom. The molecule has 0 saturated heterocycles. The van der Waals surface area contributed by atoms with Gasteiger partial charge in [0.2, 0.25) is 0 Å². The van der Waals surface area contributed by atoms with Crippen LogP contribution in [0.3, 0.4) is 0 Å². The predicted octanol–water partition coefficient (Wildman–Crippen LogP) is 2.30. The van der Waals surface area contributed by atoms with E-state index in [1.807, 2.05) is 12.1 Å². The first-order valence-corrected chi connectivity index (χ1v) is 7.38. The first kappa shape index (κ1) is 14.0. The predicted molar refractivity (Wildman–Crippen MR) is 77.4 cm³/mol. The molecular weight excluding hydrogens is 292 g/mol. The van der Waals surface area contributed by atoms with Crippen LogP contribution >= 0.6 is 15.9 Å². The molecule has 1 unspecified atom stereocenters. The molecule has 1 atom stereocenters.